The van der Waals surface area contributed by atoms with Crippen LogP contribution in [0, 0.1) is 0 Å². The van der Waals surface area contributed by atoms with Gasteiger partial charge in [0.2, 0.25) is 12.7 Å². The van der Waals surface area contributed by atoms with E-state index < -0.39 is 0 Å². The lowest BCUT2D eigenvalue weighted by molar-refractivity contribution is -0.115. The Hall–Kier alpha value is -2.20. The molecule has 0 aliphatic carbocycles. The van der Waals surface area contributed by atoms with Crippen LogP contribution in [0.5, 0.6) is 11.5 Å². The number of halogens is 1. The summed E-state index contributed by atoms with van der Waals surface area (Å²) in [5.41, 5.74) is 2.81. The third-order valence-corrected chi connectivity index (χ3v) is 4.26. The molecule has 24 heavy (non-hydrogen) atoms. The lowest BCUT2D eigenvalue weighted by Gasteiger charge is -2.09. The van der Waals surface area contributed by atoms with Gasteiger partial charge in [0.1, 0.15) is 0 Å². The van der Waals surface area contributed by atoms with Crippen molar-refractivity contribution in [2.45, 2.75) is 32.6 Å². The van der Waals surface area contributed by atoms with Crippen molar-refractivity contribution >= 4 is 23.2 Å². The summed E-state index contributed by atoms with van der Waals surface area (Å²) >= 11 is 6.17. The van der Waals surface area contributed by atoms with Gasteiger partial charge < -0.3 is 14.8 Å². The lowest BCUT2D eigenvalue weighted by Crippen LogP contribution is -2.14. The fraction of sp³-hybridized carbons (Fsp3) is 0.316. The maximum absolute atomic E-state index is 12.2. The minimum absolute atomic E-state index is 0.114. The van der Waals surface area contributed by atoms with Gasteiger partial charge in [-0.3, -0.25) is 4.79 Å². The Morgan fingerprint density at radius 3 is 2.50 bits per heavy atom. The fourth-order valence-corrected chi connectivity index (χ4v) is 2.80. The Bertz CT molecular complexity index is 728. The summed E-state index contributed by atoms with van der Waals surface area (Å²) in [6.45, 7) is 2.35. The standard InChI is InChI=1S/C19H20ClNO3/c1-2-3-4-13-5-7-14(8-6-13)9-19(22)21-16-11-18-17(10-15(16)20)23-12-24-18/h5-8,10-11H,2-4,9,12H2,1H3,(H,21,22). The highest BCUT2D eigenvalue weighted by atomic mass is 35.5. The van der Waals surface area contributed by atoms with Gasteiger partial charge in [-0.1, -0.05) is 49.2 Å². The van der Waals surface area contributed by atoms with E-state index in [9.17, 15) is 4.79 Å². The molecule has 0 bridgehead atoms. The number of anilines is 1. The van der Waals surface area contributed by atoms with Crippen LogP contribution < -0.4 is 14.8 Å². The monoisotopic (exact) mass is 345 g/mol. The molecule has 2 aromatic rings. The minimum atomic E-state index is -0.114. The molecule has 0 unspecified atom stereocenters. The zero-order valence-corrected chi connectivity index (χ0v) is 14.4. The Morgan fingerprint density at radius 2 is 1.79 bits per heavy atom. The Labute approximate surface area is 146 Å². The largest absolute Gasteiger partial charge is 0.454 e. The molecule has 0 radical (unpaired) electrons. The van der Waals surface area contributed by atoms with E-state index in [1.165, 1.54) is 18.4 Å². The second-order valence-electron chi connectivity index (χ2n) is 5.83. The first-order valence-electron chi connectivity index (χ1n) is 8.12. The quantitative estimate of drug-likeness (QED) is 0.832. The summed E-state index contributed by atoms with van der Waals surface area (Å²) in [5.74, 6) is 1.08. The molecule has 4 nitrogen and oxygen atoms in total. The first-order valence-corrected chi connectivity index (χ1v) is 8.50. The molecule has 0 saturated carbocycles. The molecule has 0 aromatic heterocycles. The van der Waals surface area contributed by atoms with Gasteiger partial charge in [-0.2, -0.15) is 0 Å². The van der Waals surface area contributed by atoms with Crippen molar-refractivity contribution in [2.24, 2.45) is 0 Å². The van der Waals surface area contributed by atoms with Gasteiger partial charge in [-0.15, -0.1) is 0 Å². The van der Waals surface area contributed by atoms with Crippen LogP contribution in [0.25, 0.3) is 0 Å². The molecule has 1 aliphatic heterocycles. The lowest BCUT2D eigenvalue weighted by atomic mass is 10.0. The van der Waals surface area contributed by atoms with E-state index in [-0.39, 0.29) is 12.7 Å². The van der Waals surface area contributed by atoms with E-state index in [0.29, 0.717) is 28.6 Å². The highest BCUT2D eigenvalue weighted by Gasteiger charge is 2.17. The Morgan fingerprint density at radius 1 is 1.12 bits per heavy atom. The number of carbonyl (C=O) groups is 1. The van der Waals surface area contributed by atoms with Crippen LogP contribution in [-0.2, 0) is 17.6 Å². The maximum Gasteiger partial charge on any atom is 0.231 e. The SMILES string of the molecule is CCCCc1ccc(CC(=O)Nc2cc3c(cc2Cl)OCO3)cc1. The number of carbonyl (C=O) groups excluding carboxylic acids is 1. The van der Waals surface area contributed by atoms with Crippen LogP contribution in [-0.4, -0.2) is 12.7 Å². The second kappa shape index (κ2) is 7.58. The van der Waals surface area contributed by atoms with E-state index >= 15 is 0 Å². The number of fused-ring (bicyclic) bond motifs is 1. The molecule has 0 fully saturated rings. The summed E-state index contributed by atoms with van der Waals surface area (Å²) in [7, 11) is 0. The first-order chi connectivity index (χ1) is 11.7. The van der Waals surface area contributed by atoms with Crippen LogP contribution >= 0.6 is 11.6 Å². The van der Waals surface area contributed by atoms with E-state index in [4.69, 9.17) is 21.1 Å². The second-order valence-corrected chi connectivity index (χ2v) is 6.24. The van der Waals surface area contributed by atoms with Gasteiger partial charge in [0.05, 0.1) is 17.1 Å². The third kappa shape index (κ3) is 4.01. The highest BCUT2D eigenvalue weighted by molar-refractivity contribution is 6.34. The highest BCUT2D eigenvalue weighted by Crippen LogP contribution is 2.39. The minimum Gasteiger partial charge on any atom is -0.454 e. The Kier molecular flexibility index (Phi) is 5.26. The molecule has 1 aliphatic rings. The van der Waals surface area contributed by atoms with Crippen LogP contribution in [0.1, 0.15) is 30.9 Å². The summed E-state index contributed by atoms with van der Waals surface area (Å²) < 4.78 is 10.6. The van der Waals surface area contributed by atoms with Gasteiger partial charge in [0, 0.05) is 12.1 Å². The normalized spacial score (nSPS) is 12.2. The molecule has 1 heterocycles. The topological polar surface area (TPSA) is 47.6 Å². The first kappa shape index (κ1) is 16.7. The molecule has 1 N–H and O–H groups in total. The predicted molar refractivity (Wildman–Crippen MR) is 95.0 cm³/mol. The van der Waals surface area contributed by atoms with Gasteiger partial charge in [0.25, 0.3) is 0 Å². The van der Waals surface area contributed by atoms with E-state index in [1.54, 1.807) is 12.1 Å². The summed E-state index contributed by atoms with van der Waals surface area (Å²) in [5, 5.41) is 3.26. The van der Waals surface area contributed by atoms with E-state index in [1.807, 2.05) is 12.1 Å². The average Bonchev–Trinajstić information content (AvgIpc) is 3.01. The smallest absolute Gasteiger partial charge is 0.231 e. The van der Waals surface area contributed by atoms with Crippen molar-refractivity contribution < 1.29 is 14.3 Å². The number of benzene rings is 2. The van der Waals surface area contributed by atoms with Gasteiger partial charge >= 0.3 is 0 Å². The molecule has 5 heteroatoms. The molecular formula is C19H20ClNO3. The number of rotatable bonds is 6. The zero-order valence-electron chi connectivity index (χ0n) is 13.6. The zero-order chi connectivity index (χ0) is 16.9. The van der Waals surface area contributed by atoms with Crippen molar-refractivity contribution in [3.05, 3.63) is 52.5 Å². The molecule has 0 spiro atoms. The molecule has 3 rings (SSSR count). The van der Waals surface area contributed by atoms with Crippen molar-refractivity contribution in [1.82, 2.24) is 0 Å². The van der Waals surface area contributed by atoms with Gasteiger partial charge in [-0.25, -0.2) is 0 Å². The third-order valence-electron chi connectivity index (χ3n) is 3.94. The summed E-state index contributed by atoms with van der Waals surface area (Å²) in [4.78, 5) is 12.2. The van der Waals surface area contributed by atoms with Crippen LogP contribution in [0.4, 0.5) is 5.69 Å². The number of unbranched alkanes of at least 4 members (excludes halogenated alkanes) is 1. The number of hydrogen-bond donors (Lipinski definition) is 1. The molecule has 1 amide bonds. The molecule has 126 valence electrons. The maximum atomic E-state index is 12.2. The summed E-state index contributed by atoms with van der Waals surface area (Å²) in [6, 6.07) is 11.5. The number of hydrogen-bond acceptors (Lipinski definition) is 3. The van der Waals surface area contributed by atoms with Gasteiger partial charge in [-0.05, 0) is 24.0 Å². The van der Waals surface area contributed by atoms with Crippen LogP contribution in [0.3, 0.4) is 0 Å². The van der Waals surface area contributed by atoms with Crippen molar-refractivity contribution in [1.29, 1.82) is 0 Å². The van der Waals surface area contributed by atoms with Gasteiger partial charge in [0.15, 0.2) is 11.5 Å². The van der Waals surface area contributed by atoms with E-state index in [0.717, 1.165) is 12.0 Å². The van der Waals surface area contributed by atoms with Crippen molar-refractivity contribution in [2.75, 3.05) is 12.1 Å². The van der Waals surface area contributed by atoms with Crippen LogP contribution in [0.2, 0.25) is 5.02 Å². The number of amides is 1. The van der Waals surface area contributed by atoms with E-state index in [2.05, 4.69) is 24.4 Å². The predicted octanol–water partition coefficient (Wildman–Crippen LogP) is 4.59. The van der Waals surface area contributed by atoms with Crippen molar-refractivity contribution in [3.8, 4) is 11.5 Å². The molecular weight excluding hydrogens is 326 g/mol. The average molecular weight is 346 g/mol. The molecule has 0 saturated heterocycles. The number of ether oxygens (including phenoxy) is 2. The fourth-order valence-electron chi connectivity index (χ4n) is 2.60. The summed E-state index contributed by atoms with van der Waals surface area (Å²) in [6.07, 6.45) is 3.75. The number of nitrogens with one attached hydrogen (secondary N) is 1. The number of aryl methyl sites for hydroxylation is 1. The Balaban J connectivity index is 1.61. The van der Waals surface area contributed by atoms with Crippen molar-refractivity contribution in [3.63, 3.8) is 0 Å². The molecule has 2 aromatic carbocycles. The molecule has 0 atom stereocenters. The van der Waals surface area contributed by atoms with Crippen LogP contribution in [0.15, 0.2) is 36.4 Å².